The molecule has 0 bridgehead atoms. The number of hydrogen-bond acceptors (Lipinski definition) is 3. The minimum Gasteiger partial charge on any atom is -0.386 e. The lowest BCUT2D eigenvalue weighted by molar-refractivity contribution is -0.151. The number of rotatable bonds is 0. The highest BCUT2D eigenvalue weighted by atomic mass is 16.8. The molecule has 0 unspecified atom stereocenters. The second kappa shape index (κ2) is 2.80. The fraction of sp³-hybridized carbons (Fsp3) is 0.800. The molecule has 1 N–H and O–H groups in total. The first-order valence-electron chi connectivity index (χ1n) is 4.71. The molecule has 74 valence electrons. The summed E-state index contributed by atoms with van der Waals surface area (Å²) in [5.41, 5.74) is 0.863. The van der Waals surface area contributed by atoms with Crippen LogP contribution in [-0.4, -0.2) is 29.2 Å². The quantitative estimate of drug-likeness (QED) is 0.575. The summed E-state index contributed by atoms with van der Waals surface area (Å²) >= 11 is 0. The molecule has 3 nitrogen and oxygen atoms in total. The summed E-state index contributed by atoms with van der Waals surface area (Å²) in [6.07, 6.45) is 1.01. The van der Waals surface area contributed by atoms with Crippen LogP contribution in [0.3, 0.4) is 0 Å². The SMILES string of the molecule is C=C1CC[C@H]2OC(C)(C)O[C@H]2[C@@H]1O. The summed E-state index contributed by atoms with van der Waals surface area (Å²) in [5.74, 6) is -0.555. The normalized spacial score (nSPS) is 43.3. The molecule has 0 amide bonds. The van der Waals surface area contributed by atoms with E-state index in [-0.39, 0.29) is 12.2 Å². The van der Waals surface area contributed by atoms with Crippen molar-refractivity contribution in [1.82, 2.24) is 0 Å². The Kier molecular flexibility index (Phi) is 1.98. The highest BCUT2D eigenvalue weighted by molar-refractivity contribution is 5.12. The van der Waals surface area contributed by atoms with E-state index in [4.69, 9.17) is 9.47 Å². The van der Waals surface area contributed by atoms with Crippen molar-refractivity contribution < 1.29 is 14.6 Å². The minimum atomic E-state index is -0.555. The molecule has 0 aromatic heterocycles. The van der Waals surface area contributed by atoms with Gasteiger partial charge in [0, 0.05) is 0 Å². The van der Waals surface area contributed by atoms with Crippen LogP contribution in [0.1, 0.15) is 26.7 Å². The molecule has 2 fully saturated rings. The zero-order valence-electron chi connectivity index (χ0n) is 8.12. The van der Waals surface area contributed by atoms with Crippen molar-refractivity contribution in [3.8, 4) is 0 Å². The van der Waals surface area contributed by atoms with Crippen LogP contribution in [0.15, 0.2) is 12.2 Å². The van der Waals surface area contributed by atoms with Gasteiger partial charge >= 0.3 is 0 Å². The molecule has 0 aromatic rings. The predicted octanol–water partition coefficient (Wildman–Crippen LogP) is 1.22. The first-order valence-corrected chi connectivity index (χ1v) is 4.71. The molecule has 2 rings (SSSR count). The van der Waals surface area contributed by atoms with Crippen LogP contribution >= 0.6 is 0 Å². The molecule has 1 heterocycles. The molecule has 0 radical (unpaired) electrons. The second-order valence-electron chi connectivity index (χ2n) is 4.28. The Balaban J connectivity index is 2.15. The molecule has 13 heavy (non-hydrogen) atoms. The van der Waals surface area contributed by atoms with E-state index in [1.54, 1.807) is 0 Å². The maximum Gasteiger partial charge on any atom is 0.163 e. The molecular weight excluding hydrogens is 168 g/mol. The van der Waals surface area contributed by atoms with E-state index >= 15 is 0 Å². The summed E-state index contributed by atoms with van der Waals surface area (Å²) in [6.45, 7) is 7.57. The summed E-state index contributed by atoms with van der Waals surface area (Å²) < 4.78 is 11.3. The van der Waals surface area contributed by atoms with E-state index in [1.807, 2.05) is 13.8 Å². The van der Waals surface area contributed by atoms with E-state index in [1.165, 1.54) is 0 Å². The molecule has 1 saturated carbocycles. The number of ether oxygens (including phenoxy) is 2. The maximum absolute atomic E-state index is 9.78. The van der Waals surface area contributed by atoms with E-state index in [0.29, 0.717) is 0 Å². The lowest BCUT2D eigenvalue weighted by Gasteiger charge is -2.29. The maximum atomic E-state index is 9.78. The van der Waals surface area contributed by atoms with Gasteiger partial charge in [-0.3, -0.25) is 0 Å². The van der Waals surface area contributed by atoms with E-state index in [2.05, 4.69) is 6.58 Å². The van der Waals surface area contributed by atoms with Gasteiger partial charge in [-0.05, 0) is 32.3 Å². The molecule has 1 aliphatic heterocycles. The van der Waals surface area contributed by atoms with Gasteiger partial charge in [-0.15, -0.1) is 0 Å². The minimum absolute atomic E-state index is 0.0375. The number of fused-ring (bicyclic) bond motifs is 1. The third kappa shape index (κ3) is 1.52. The van der Waals surface area contributed by atoms with Crippen molar-refractivity contribution in [2.24, 2.45) is 0 Å². The van der Waals surface area contributed by atoms with Gasteiger partial charge in [0.2, 0.25) is 0 Å². The molecule has 1 saturated heterocycles. The topological polar surface area (TPSA) is 38.7 Å². The lowest BCUT2D eigenvalue weighted by Crippen LogP contribution is -2.40. The summed E-state index contributed by atoms with van der Waals surface area (Å²) in [5, 5.41) is 9.78. The van der Waals surface area contributed by atoms with Crippen LogP contribution in [0.4, 0.5) is 0 Å². The average molecular weight is 184 g/mol. The molecule has 3 atom stereocenters. The highest BCUT2D eigenvalue weighted by Gasteiger charge is 2.47. The zero-order valence-corrected chi connectivity index (χ0v) is 8.12. The van der Waals surface area contributed by atoms with Gasteiger partial charge in [-0.25, -0.2) is 0 Å². The van der Waals surface area contributed by atoms with Gasteiger partial charge in [0.15, 0.2) is 5.79 Å². The summed E-state index contributed by atoms with van der Waals surface area (Å²) in [7, 11) is 0. The molecule has 1 aliphatic carbocycles. The number of aliphatic hydroxyl groups is 1. The Labute approximate surface area is 78.3 Å². The van der Waals surface area contributed by atoms with Crippen molar-refractivity contribution in [1.29, 1.82) is 0 Å². The van der Waals surface area contributed by atoms with Crippen molar-refractivity contribution >= 4 is 0 Å². The molecule has 0 aromatic carbocycles. The smallest absolute Gasteiger partial charge is 0.163 e. The van der Waals surface area contributed by atoms with Crippen LogP contribution in [0.25, 0.3) is 0 Å². The summed E-state index contributed by atoms with van der Waals surface area (Å²) in [4.78, 5) is 0. The Morgan fingerprint density at radius 2 is 2.15 bits per heavy atom. The predicted molar refractivity (Wildman–Crippen MR) is 48.2 cm³/mol. The first-order chi connectivity index (χ1) is 5.99. The Morgan fingerprint density at radius 3 is 2.85 bits per heavy atom. The van der Waals surface area contributed by atoms with Gasteiger partial charge in [0.05, 0.1) is 6.10 Å². The fourth-order valence-corrected chi connectivity index (χ4v) is 2.06. The standard InChI is InChI=1S/C10H16O3/c1-6-4-5-7-9(8(6)11)13-10(2,3)12-7/h7-9,11H,1,4-5H2,2-3H3/t7-,8-,9-/m1/s1. The second-order valence-corrected chi connectivity index (χ2v) is 4.28. The van der Waals surface area contributed by atoms with Gasteiger partial charge in [-0.2, -0.15) is 0 Å². The third-order valence-corrected chi connectivity index (χ3v) is 2.70. The summed E-state index contributed by atoms with van der Waals surface area (Å²) in [6, 6.07) is 0. The third-order valence-electron chi connectivity index (χ3n) is 2.70. The molecule has 2 aliphatic rings. The van der Waals surface area contributed by atoms with Crippen LogP contribution in [0, 0.1) is 0 Å². The van der Waals surface area contributed by atoms with Crippen LogP contribution < -0.4 is 0 Å². The van der Waals surface area contributed by atoms with E-state index in [9.17, 15) is 5.11 Å². The van der Waals surface area contributed by atoms with Crippen molar-refractivity contribution in [3.05, 3.63) is 12.2 Å². The van der Waals surface area contributed by atoms with Gasteiger partial charge in [-0.1, -0.05) is 6.58 Å². The van der Waals surface area contributed by atoms with Gasteiger partial charge in [0.25, 0.3) is 0 Å². The Bertz CT molecular complexity index is 234. The largest absolute Gasteiger partial charge is 0.386 e. The van der Waals surface area contributed by atoms with Crippen molar-refractivity contribution in [2.45, 2.75) is 50.8 Å². The van der Waals surface area contributed by atoms with Gasteiger partial charge in [0.1, 0.15) is 12.2 Å². The Morgan fingerprint density at radius 1 is 1.46 bits per heavy atom. The number of aliphatic hydroxyl groups excluding tert-OH is 1. The van der Waals surface area contributed by atoms with Crippen LogP contribution in [-0.2, 0) is 9.47 Å². The molecule has 3 heteroatoms. The van der Waals surface area contributed by atoms with E-state index in [0.717, 1.165) is 18.4 Å². The average Bonchev–Trinajstić information content (AvgIpc) is 2.34. The van der Waals surface area contributed by atoms with Crippen LogP contribution in [0.2, 0.25) is 0 Å². The van der Waals surface area contributed by atoms with Crippen LogP contribution in [0.5, 0.6) is 0 Å². The van der Waals surface area contributed by atoms with E-state index < -0.39 is 11.9 Å². The monoisotopic (exact) mass is 184 g/mol. The lowest BCUT2D eigenvalue weighted by atomic mass is 9.89. The fourth-order valence-electron chi connectivity index (χ4n) is 2.06. The van der Waals surface area contributed by atoms with Crippen molar-refractivity contribution in [3.63, 3.8) is 0 Å². The zero-order chi connectivity index (χ0) is 9.64. The first kappa shape index (κ1) is 9.19. The van der Waals surface area contributed by atoms with Crippen molar-refractivity contribution in [2.75, 3.05) is 0 Å². The Hall–Kier alpha value is -0.380. The number of hydrogen-bond donors (Lipinski definition) is 1. The van der Waals surface area contributed by atoms with Gasteiger partial charge < -0.3 is 14.6 Å². The molecular formula is C10H16O3. The molecule has 0 spiro atoms. The highest BCUT2D eigenvalue weighted by Crippen LogP contribution is 2.38.